The number of piperidine rings is 1. The van der Waals surface area contributed by atoms with Gasteiger partial charge in [-0.25, -0.2) is 4.79 Å². The Hall–Kier alpha value is -0.930. The van der Waals surface area contributed by atoms with E-state index in [4.69, 9.17) is 0 Å². The van der Waals surface area contributed by atoms with Crippen molar-refractivity contribution in [3.8, 4) is 0 Å². The first-order valence-electron chi connectivity index (χ1n) is 10.7. The van der Waals surface area contributed by atoms with Crippen molar-refractivity contribution < 1.29 is 4.79 Å². The molecule has 0 bridgehead atoms. The Morgan fingerprint density at radius 1 is 1.11 bits per heavy atom. The molecule has 6 unspecified atom stereocenters. The van der Waals surface area contributed by atoms with Crippen LogP contribution >= 0.6 is 0 Å². The quantitative estimate of drug-likeness (QED) is 0.386. The highest BCUT2D eigenvalue weighted by Crippen LogP contribution is 2.30. The van der Waals surface area contributed by atoms with E-state index >= 15 is 0 Å². The molecule has 0 aromatic rings. The molecule has 0 spiro atoms. The van der Waals surface area contributed by atoms with E-state index in [1.54, 1.807) is 0 Å². The van der Waals surface area contributed by atoms with Gasteiger partial charge in [-0.15, -0.1) is 0 Å². The minimum atomic E-state index is -0.210. The molecule has 2 saturated heterocycles. The number of hydrogen-bond acceptors (Lipinski definition) is 6. The van der Waals surface area contributed by atoms with Gasteiger partial charge in [-0.05, 0) is 72.0 Å². The van der Waals surface area contributed by atoms with Crippen molar-refractivity contribution in [2.24, 2.45) is 5.92 Å². The molecule has 2 aliphatic heterocycles. The van der Waals surface area contributed by atoms with Gasteiger partial charge in [0.2, 0.25) is 0 Å². The van der Waals surface area contributed by atoms with Crippen LogP contribution in [-0.4, -0.2) is 75.2 Å². The maximum absolute atomic E-state index is 12.5. The largest absolute Gasteiger partial charge is 0.335 e. The summed E-state index contributed by atoms with van der Waals surface area (Å²) in [4.78, 5) is 14.7. The summed E-state index contributed by atoms with van der Waals surface area (Å²) in [6, 6.07) is 1.23. The zero-order valence-corrected chi connectivity index (χ0v) is 17.2. The average Bonchev–Trinajstić information content (AvgIpc) is 2.60. The van der Waals surface area contributed by atoms with Gasteiger partial charge in [0.25, 0.3) is 0 Å². The molecular weight excluding hydrogens is 342 g/mol. The molecule has 1 saturated carbocycles. The summed E-state index contributed by atoms with van der Waals surface area (Å²) in [6.45, 7) is 5.23. The normalized spacial score (nSPS) is 36.9. The third-order valence-electron chi connectivity index (χ3n) is 6.11. The van der Waals surface area contributed by atoms with Gasteiger partial charge in [-0.1, -0.05) is 0 Å². The van der Waals surface area contributed by atoms with Crippen LogP contribution in [-0.2, 0) is 0 Å². The summed E-state index contributed by atoms with van der Waals surface area (Å²) in [5, 5.41) is 20.3. The third kappa shape index (κ3) is 6.57. The molecule has 3 aliphatic rings. The van der Waals surface area contributed by atoms with Gasteiger partial charge in [-0.3, -0.25) is 10.6 Å². The van der Waals surface area contributed by atoms with Gasteiger partial charge in [0, 0.05) is 31.2 Å². The summed E-state index contributed by atoms with van der Waals surface area (Å²) in [5.41, 5.74) is 0. The van der Waals surface area contributed by atoms with Crippen LogP contribution in [0.4, 0.5) is 4.79 Å². The first-order chi connectivity index (χ1) is 13.0. The summed E-state index contributed by atoms with van der Waals surface area (Å²) in [7, 11) is 4.15. The number of rotatable bonds is 6. The monoisotopic (exact) mass is 381 g/mol. The van der Waals surface area contributed by atoms with Crippen molar-refractivity contribution in [3.63, 3.8) is 0 Å². The summed E-state index contributed by atoms with van der Waals surface area (Å²) < 4.78 is 0. The minimum absolute atomic E-state index is 0.0756. The van der Waals surface area contributed by atoms with Crippen LogP contribution in [0.25, 0.3) is 0 Å². The Labute approximate surface area is 164 Å². The van der Waals surface area contributed by atoms with Crippen molar-refractivity contribution in [2.75, 3.05) is 33.7 Å². The molecule has 6 N–H and O–H groups in total. The Morgan fingerprint density at radius 3 is 2.78 bits per heavy atom. The number of carbonyl (C=O) groups excluding carboxylic acids is 1. The summed E-state index contributed by atoms with van der Waals surface area (Å²) in [5.74, 6) is 0.717. The highest BCUT2D eigenvalue weighted by Gasteiger charge is 2.33. The molecular formula is C19H39N7O. The lowest BCUT2D eigenvalue weighted by Crippen LogP contribution is -2.68. The maximum atomic E-state index is 12.5. The molecule has 0 aromatic carbocycles. The van der Waals surface area contributed by atoms with E-state index in [1.165, 1.54) is 19.3 Å². The highest BCUT2D eigenvalue weighted by molar-refractivity contribution is 5.74. The molecule has 156 valence electrons. The average molecular weight is 382 g/mol. The second-order valence-corrected chi connectivity index (χ2v) is 8.80. The standard InChI is InChI=1S/C19H39N7O/c1-13-11-17(21-9-10-26(2)3)24-18(22-13)25-19(27)23-15-6-7-16-14(12-15)5-4-8-20-16/h13-18,20-22,24H,4-12H2,1-3H3,(H2,23,25,27). The molecule has 2 heterocycles. The molecule has 1 aliphatic carbocycles. The Bertz CT molecular complexity index is 475. The second kappa shape index (κ2) is 10.0. The van der Waals surface area contributed by atoms with Crippen LogP contribution in [0, 0.1) is 5.92 Å². The molecule has 3 fully saturated rings. The number of hydrogen-bond donors (Lipinski definition) is 6. The fourth-order valence-corrected chi connectivity index (χ4v) is 4.70. The molecule has 0 radical (unpaired) electrons. The van der Waals surface area contributed by atoms with E-state index in [9.17, 15) is 4.79 Å². The number of urea groups is 1. The maximum Gasteiger partial charge on any atom is 0.317 e. The van der Waals surface area contributed by atoms with Gasteiger partial charge in [0.05, 0.1) is 6.17 Å². The topological polar surface area (TPSA) is 92.5 Å². The van der Waals surface area contributed by atoms with Crippen LogP contribution in [0.1, 0.15) is 45.4 Å². The van der Waals surface area contributed by atoms with E-state index in [0.717, 1.165) is 38.9 Å². The molecule has 2 amide bonds. The fourth-order valence-electron chi connectivity index (χ4n) is 4.70. The minimum Gasteiger partial charge on any atom is -0.335 e. The van der Waals surface area contributed by atoms with Crippen molar-refractivity contribution >= 4 is 6.03 Å². The fraction of sp³-hybridized carbons (Fsp3) is 0.947. The van der Waals surface area contributed by atoms with Gasteiger partial charge >= 0.3 is 6.03 Å². The van der Waals surface area contributed by atoms with Crippen molar-refractivity contribution in [2.45, 2.75) is 76.0 Å². The zero-order chi connectivity index (χ0) is 19.2. The van der Waals surface area contributed by atoms with Crippen LogP contribution in [0.2, 0.25) is 0 Å². The Morgan fingerprint density at radius 2 is 1.96 bits per heavy atom. The SMILES string of the molecule is CC1CC(NCCN(C)C)NC(NC(=O)NC2CCC3NCCCC3C2)N1. The van der Waals surface area contributed by atoms with Crippen LogP contribution in [0.15, 0.2) is 0 Å². The van der Waals surface area contributed by atoms with Crippen LogP contribution in [0.3, 0.4) is 0 Å². The van der Waals surface area contributed by atoms with Crippen LogP contribution < -0.4 is 31.9 Å². The number of nitrogens with zero attached hydrogens (tertiary/aromatic N) is 1. The van der Waals surface area contributed by atoms with Crippen molar-refractivity contribution in [3.05, 3.63) is 0 Å². The lowest BCUT2D eigenvalue weighted by Gasteiger charge is -2.40. The molecule has 8 heteroatoms. The number of likely N-dealkylation sites (N-methyl/N-ethyl adjacent to an activating group) is 1. The first kappa shape index (κ1) is 20.8. The van der Waals surface area contributed by atoms with Gasteiger partial charge in [-0.2, -0.15) is 0 Å². The number of amides is 2. The van der Waals surface area contributed by atoms with Crippen LogP contribution in [0.5, 0.6) is 0 Å². The van der Waals surface area contributed by atoms with Gasteiger partial charge in [0.1, 0.15) is 6.29 Å². The smallest absolute Gasteiger partial charge is 0.317 e. The Balaban J connectivity index is 1.40. The second-order valence-electron chi connectivity index (χ2n) is 8.80. The predicted molar refractivity (Wildman–Crippen MR) is 108 cm³/mol. The molecule has 0 aromatic heterocycles. The van der Waals surface area contributed by atoms with E-state index in [2.05, 4.69) is 57.8 Å². The third-order valence-corrected chi connectivity index (χ3v) is 6.11. The van der Waals surface area contributed by atoms with Crippen molar-refractivity contribution in [1.82, 2.24) is 36.8 Å². The predicted octanol–water partition coefficient (Wildman–Crippen LogP) is -0.0614. The number of nitrogens with one attached hydrogen (secondary N) is 6. The summed E-state index contributed by atoms with van der Waals surface area (Å²) in [6.07, 6.45) is 6.88. The molecule has 27 heavy (non-hydrogen) atoms. The lowest BCUT2D eigenvalue weighted by molar-refractivity contribution is 0.166. The van der Waals surface area contributed by atoms with Crippen molar-refractivity contribution in [1.29, 1.82) is 0 Å². The van der Waals surface area contributed by atoms with E-state index in [1.807, 2.05) is 0 Å². The van der Waals surface area contributed by atoms with E-state index in [0.29, 0.717) is 24.0 Å². The molecule has 3 rings (SSSR count). The van der Waals surface area contributed by atoms with Gasteiger partial charge in [0.15, 0.2) is 0 Å². The lowest BCUT2D eigenvalue weighted by atomic mass is 9.77. The Kier molecular flexibility index (Phi) is 7.72. The first-order valence-corrected chi connectivity index (χ1v) is 10.7. The van der Waals surface area contributed by atoms with E-state index in [-0.39, 0.29) is 18.5 Å². The highest BCUT2D eigenvalue weighted by atomic mass is 16.2. The van der Waals surface area contributed by atoms with Gasteiger partial charge < -0.3 is 26.2 Å². The zero-order valence-electron chi connectivity index (χ0n) is 17.2. The molecule has 6 atom stereocenters. The number of carbonyl (C=O) groups is 1. The summed E-state index contributed by atoms with van der Waals surface area (Å²) >= 11 is 0. The molecule has 8 nitrogen and oxygen atoms in total. The number of fused-ring (bicyclic) bond motifs is 1. The van der Waals surface area contributed by atoms with E-state index < -0.39 is 0 Å².